The Morgan fingerprint density at radius 1 is 1.25 bits per heavy atom. The Bertz CT molecular complexity index is 295. The Hall–Kier alpha value is -0.130. The highest BCUT2D eigenvalue weighted by Crippen LogP contribution is 2.21. The second-order valence-corrected chi connectivity index (χ2v) is 7.09. The van der Waals surface area contributed by atoms with E-state index in [0.717, 1.165) is 32.2 Å². The van der Waals surface area contributed by atoms with Gasteiger partial charge in [-0.1, -0.05) is 6.92 Å². The van der Waals surface area contributed by atoms with Crippen molar-refractivity contribution >= 4 is 9.84 Å². The van der Waals surface area contributed by atoms with E-state index in [1.54, 1.807) is 0 Å². The van der Waals surface area contributed by atoms with Crippen LogP contribution in [0.2, 0.25) is 0 Å². The van der Waals surface area contributed by atoms with Crippen LogP contribution in [0.3, 0.4) is 0 Å². The van der Waals surface area contributed by atoms with Crippen molar-refractivity contribution in [2.24, 2.45) is 5.73 Å². The number of hydrogen-bond acceptors (Lipinski definition) is 4. The average Bonchev–Trinajstić information content (AvgIpc) is 2.20. The smallest absolute Gasteiger partial charge is 0.148 e. The van der Waals surface area contributed by atoms with Crippen LogP contribution in [0.15, 0.2) is 0 Å². The van der Waals surface area contributed by atoms with Crippen LogP contribution in [0.5, 0.6) is 0 Å². The maximum atomic E-state index is 11.1. The van der Waals surface area contributed by atoms with Gasteiger partial charge in [-0.2, -0.15) is 0 Å². The molecule has 2 N–H and O–H groups in total. The first-order chi connectivity index (χ1) is 7.42. The first-order valence-corrected chi connectivity index (χ1v) is 8.15. The van der Waals surface area contributed by atoms with Crippen LogP contribution in [0.4, 0.5) is 0 Å². The Kier molecular flexibility index (Phi) is 5.21. The predicted octanol–water partition coefficient (Wildman–Crippen LogP) is 0.623. The zero-order chi connectivity index (χ0) is 12.2. The predicted molar refractivity (Wildman–Crippen MR) is 67.2 cm³/mol. The Morgan fingerprint density at radius 3 is 2.25 bits per heavy atom. The SMILES string of the molecule is CCN(CCS(C)(=O)=O)C1CCC(N)CC1. The summed E-state index contributed by atoms with van der Waals surface area (Å²) in [7, 11) is -2.85. The molecule has 0 unspecified atom stereocenters. The van der Waals surface area contributed by atoms with E-state index in [4.69, 9.17) is 5.73 Å². The van der Waals surface area contributed by atoms with E-state index in [9.17, 15) is 8.42 Å². The van der Waals surface area contributed by atoms with E-state index in [1.807, 2.05) is 0 Å². The molecular weight excluding hydrogens is 224 g/mol. The molecule has 1 rings (SSSR count). The molecule has 1 aliphatic carbocycles. The van der Waals surface area contributed by atoms with Gasteiger partial charge in [0.2, 0.25) is 0 Å². The normalized spacial score (nSPS) is 27.2. The van der Waals surface area contributed by atoms with Crippen molar-refractivity contribution in [1.29, 1.82) is 0 Å². The molecule has 0 radical (unpaired) electrons. The lowest BCUT2D eigenvalue weighted by molar-refractivity contribution is 0.165. The average molecular weight is 248 g/mol. The lowest BCUT2D eigenvalue weighted by Gasteiger charge is -2.35. The van der Waals surface area contributed by atoms with Gasteiger partial charge in [-0.25, -0.2) is 8.42 Å². The standard InChI is InChI=1S/C11H24N2O2S/c1-3-13(8-9-16(2,14)15)11-6-4-10(12)5-7-11/h10-11H,3-9,12H2,1-2H3. The Labute approximate surface area is 99.1 Å². The molecule has 0 bridgehead atoms. The minimum Gasteiger partial charge on any atom is -0.328 e. The summed E-state index contributed by atoms with van der Waals surface area (Å²) in [4.78, 5) is 2.28. The van der Waals surface area contributed by atoms with E-state index in [0.29, 0.717) is 18.6 Å². The molecule has 4 nitrogen and oxygen atoms in total. The summed E-state index contributed by atoms with van der Waals surface area (Å²) >= 11 is 0. The molecule has 0 amide bonds. The minimum absolute atomic E-state index is 0.267. The maximum absolute atomic E-state index is 11.1. The molecule has 0 aromatic heterocycles. The third-order valence-electron chi connectivity index (χ3n) is 3.41. The van der Waals surface area contributed by atoms with Crippen molar-refractivity contribution in [3.63, 3.8) is 0 Å². The number of sulfone groups is 1. The van der Waals surface area contributed by atoms with E-state index in [2.05, 4.69) is 11.8 Å². The van der Waals surface area contributed by atoms with Crippen LogP contribution < -0.4 is 5.73 Å². The lowest BCUT2D eigenvalue weighted by Crippen LogP contribution is -2.42. The Balaban J connectivity index is 2.42. The van der Waals surface area contributed by atoms with Crippen molar-refractivity contribution in [2.45, 2.75) is 44.7 Å². The van der Waals surface area contributed by atoms with Crippen LogP contribution in [0.1, 0.15) is 32.6 Å². The highest BCUT2D eigenvalue weighted by molar-refractivity contribution is 7.90. The van der Waals surface area contributed by atoms with Gasteiger partial charge in [0.05, 0.1) is 5.75 Å². The summed E-state index contributed by atoms with van der Waals surface area (Å²) in [6.45, 7) is 3.68. The molecule has 1 saturated carbocycles. The first kappa shape index (κ1) is 13.9. The van der Waals surface area contributed by atoms with Crippen LogP contribution in [-0.2, 0) is 9.84 Å². The second kappa shape index (κ2) is 5.98. The summed E-state index contributed by atoms with van der Waals surface area (Å²) in [5, 5.41) is 0. The van der Waals surface area contributed by atoms with Crippen LogP contribution >= 0.6 is 0 Å². The van der Waals surface area contributed by atoms with Crippen molar-refractivity contribution in [2.75, 3.05) is 25.1 Å². The van der Waals surface area contributed by atoms with E-state index in [1.165, 1.54) is 6.26 Å². The van der Waals surface area contributed by atoms with Gasteiger partial charge in [-0.3, -0.25) is 4.90 Å². The van der Waals surface area contributed by atoms with Gasteiger partial charge in [0.25, 0.3) is 0 Å². The van der Waals surface area contributed by atoms with Crippen molar-refractivity contribution in [1.82, 2.24) is 4.90 Å². The van der Waals surface area contributed by atoms with Gasteiger partial charge < -0.3 is 5.73 Å². The number of rotatable bonds is 5. The highest BCUT2D eigenvalue weighted by atomic mass is 32.2. The summed E-state index contributed by atoms with van der Waals surface area (Å²) in [5.41, 5.74) is 5.87. The molecule has 0 aromatic carbocycles. The zero-order valence-corrected chi connectivity index (χ0v) is 11.2. The molecule has 0 spiro atoms. The van der Waals surface area contributed by atoms with Gasteiger partial charge in [0.1, 0.15) is 9.84 Å². The molecule has 5 heteroatoms. The van der Waals surface area contributed by atoms with Crippen molar-refractivity contribution in [3.05, 3.63) is 0 Å². The maximum Gasteiger partial charge on any atom is 0.148 e. The molecule has 96 valence electrons. The fourth-order valence-corrected chi connectivity index (χ4v) is 2.91. The summed E-state index contributed by atoms with van der Waals surface area (Å²) in [6, 6.07) is 0.886. The Morgan fingerprint density at radius 2 is 1.81 bits per heavy atom. The van der Waals surface area contributed by atoms with Crippen LogP contribution in [0.25, 0.3) is 0 Å². The molecule has 1 fully saturated rings. The molecule has 0 atom stereocenters. The molecule has 0 aliphatic heterocycles. The molecular formula is C11H24N2O2S. The first-order valence-electron chi connectivity index (χ1n) is 6.09. The largest absolute Gasteiger partial charge is 0.328 e. The monoisotopic (exact) mass is 248 g/mol. The third kappa shape index (κ3) is 4.80. The van der Waals surface area contributed by atoms with Gasteiger partial charge in [0.15, 0.2) is 0 Å². The van der Waals surface area contributed by atoms with Crippen molar-refractivity contribution in [3.8, 4) is 0 Å². The lowest BCUT2D eigenvalue weighted by atomic mass is 9.91. The van der Waals surface area contributed by atoms with Crippen LogP contribution in [-0.4, -0.2) is 50.5 Å². The third-order valence-corrected chi connectivity index (χ3v) is 4.34. The van der Waals surface area contributed by atoms with Gasteiger partial charge in [-0.05, 0) is 32.2 Å². The molecule has 16 heavy (non-hydrogen) atoms. The molecule has 0 aromatic rings. The minimum atomic E-state index is -2.85. The summed E-state index contributed by atoms with van der Waals surface area (Å²) in [5.74, 6) is 0.267. The van der Waals surface area contributed by atoms with Crippen LogP contribution in [0, 0.1) is 0 Å². The van der Waals surface area contributed by atoms with E-state index < -0.39 is 9.84 Å². The molecule has 1 aliphatic rings. The van der Waals surface area contributed by atoms with Gasteiger partial charge >= 0.3 is 0 Å². The van der Waals surface area contributed by atoms with E-state index >= 15 is 0 Å². The molecule has 0 heterocycles. The van der Waals surface area contributed by atoms with Gasteiger partial charge in [0, 0.05) is 24.9 Å². The second-order valence-electron chi connectivity index (χ2n) is 4.83. The van der Waals surface area contributed by atoms with E-state index in [-0.39, 0.29) is 5.75 Å². The fourth-order valence-electron chi connectivity index (χ4n) is 2.35. The fraction of sp³-hybridized carbons (Fsp3) is 1.00. The molecule has 0 saturated heterocycles. The number of nitrogens with two attached hydrogens (primary N) is 1. The number of nitrogens with zero attached hydrogens (tertiary/aromatic N) is 1. The van der Waals surface area contributed by atoms with Gasteiger partial charge in [-0.15, -0.1) is 0 Å². The zero-order valence-electron chi connectivity index (χ0n) is 10.4. The topological polar surface area (TPSA) is 63.4 Å². The quantitative estimate of drug-likeness (QED) is 0.775. The number of hydrogen-bond donors (Lipinski definition) is 1. The summed E-state index contributed by atoms with van der Waals surface area (Å²) in [6.07, 6.45) is 5.66. The van der Waals surface area contributed by atoms with Crippen molar-refractivity contribution < 1.29 is 8.42 Å². The summed E-state index contributed by atoms with van der Waals surface area (Å²) < 4.78 is 22.3. The highest BCUT2D eigenvalue weighted by Gasteiger charge is 2.23.